The Morgan fingerprint density at radius 1 is 0.900 bits per heavy atom. The van der Waals surface area contributed by atoms with Crippen molar-refractivity contribution >= 4 is 45.7 Å². The van der Waals surface area contributed by atoms with Crippen LogP contribution >= 0.6 is 34.8 Å². The van der Waals surface area contributed by atoms with Crippen LogP contribution < -0.4 is 0 Å². The molecular weight excluding hydrogens is 322 g/mol. The van der Waals surface area contributed by atoms with E-state index in [9.17, 15) is 4.39 Å². The van der Waals surface area contributed by atoms with Crippen molar-refractivity contribution in [2.75, 3.05) is 0 Å². The Balaban J connectivity index is 2.23. The first kappa shape index (κ1) is 13.6. The van der Waals surface area contributed by atoms with Crippen LogP contribution in [0.2, 0.25) is 15.2 Å². The van der Waals surface area contributed by atoms with E-state index in [0.29, 0.717) is 27.3 Å². The highest BCUT2D eigenvalue weighted by Gasteiger charge is 2.10. The molecule has 0 unspecified atom stereocenters. The van der Waals surface area contributed by atoms with E-state index in [1.54, 1.807) is 24.3 Å². The fraction of sp³-hybridized carbons (Fsp3) is 0. The first-order chi connectivity index (χ1) is 9.54. The minimum absolute atomic E-state index is 0.0451. The SMILES string of the molecule is Fc1cc(-c2nc(Cl)c3ccc(Cl)cc3n2)ccc1Cl. The molecule has 2 nitrogen and oxygen atoms in total. The van der Waals surface area contributed by atoms with Gasteiger partial charge in [-0.15, -0.1) is 0 Å². The Labute approximate surface area is 129 Å². The first-order valence-electron chi connectivity index (χ1n) is 5.63. The molecule has 0 spiro atoms. The Morgan fingerprint density at radius 3 is 2.45 bits per heavy atom. The number of fused-ring (bicyclic) bond motifs is 1. The molecule has 0 fully saturated rings. The Morgan fingerprint density at radius 2 is 1.70 bits per heavy atom. The molecule has 0 aliphatic rings. The van der Waals surface area contributed by atoms with Gasteiger partial charge in [-0.25, -0.2) is 14.4 Å². The fourth-order valence-corrected chi connectivity index (χ4v) is 2.35. The predicted octanol–water partition coefficient (Wildman–Crippen LogP) is 5.40. The second-order valence-corrected chi connectivity index (χ2v) is 5.33. The van der Waals surface area contributed by atoms with Crippen LogP contribution in [0.4, 0.5) is 4.39 Å². The van der Waals surface area contributed by atoms with Gasteiger partial charge in [-0.3, -0.25) is 0 Å². The summed E-state index contributed by atoms with van der Waals surface area (Å²) in [5.74, 6) is -0.213. The summed E-state index contributed by atoms with van der Waals surface area (Å²) in [6.07, 6.45) is 0. The molecular formula is C14H6Cl3FN2. The van der Waals surface area contributed by atoms with Crippen molar-refractivity contribution in [1.29, 1.82) is 0 Å². The van der Waals surface area contributed by atoms with Crippen LogP contribution in [0.1, 0.15) is 0 Å². The number of benzene rings is 2. The molecule has 20 heavy (non-hydrogen) atoms. The minimum Gasteiger partial charge on any atom is -0.228 e. The quantitative estimate of drug-likeness (QED) is 0.560. The lowest BCUT2D eigenvalue weighted by molar-refractivity contribution is 0.628. The third-order valence-electron chi connectivity index (χ3n) is 2.79. The maximum atomic E-state index is 13.5. The molecule has 0 saturated heterocycles. The summed E-state index contributed by atoms with van der Waals surface area (Å²) in [4.78, 5) is 8.52. The molecule has 100 valence electrons. The minimum atomic E-state index is -0.532. The lowest BCUT2D eigenvalue weighted by atomic mass is 10.2. The van der Waals surface area contributed by atoms with E-state index >= 15 is 0 Å². The highest BCUT2D eigenvalue weighted by atomic mass is 35.5. The van der Waals surface area contributed by atoms with Gasteiger partial charge in [0, 0.05) is 16.0 Å². The molecule has 0 atom stereocenters. The number of aromatic nitrogens is 2. The van der Waals surface area contributed by atoms with Crippen molar-refractivity contribution in [3.05, 3.63) is 57.4 Å². The smallest absolute Gasteiger partial charge is 0.161 e. The van der Waals surface area contributed by atoms with Gasteiger partial charge in [-0.2, -0.15) is 0 Å². The van der Waals surface area contributed by atoms with E-state index in [4.69, 9.17) is 34.8 Å². The summed E-state index contributed by atoms with van der Waals surface area (Å²) in [6.45, 7) is 0. The normalized spacial score (nSPS) is 11.0. The second kappa shape index (κ2) is 5.17. The lowest BCUT2D eigenvalue weighted by Crippen LogP contribution is -1.92. The third-order valence-corrected chi connectivity index (χ3v) is 3.62. The van der Waals surface area contributed by atoms with E-state index in [1.807, 2.05) is 0 Å². The summed E-state index contributed by atoms with van der Waals surface area (Å²) in [5, 5.41) is 1.57. The topological polar surface area (TPSA) is 25.8 Å². The van der Waals surface area contributed by atoms with Crippen LogP contribution in [0.25, 0.3) is 22.3 Å². The van der Waals surface area contributed by atoms with Crippen LogP contribution in [-0.4, -0.2) is 9.97 Å². The maximum absolute atomic E-state index is 13.5. The molecule has 0 bridgehead atoms. The number of rotatable bonds is 1. The largest absolute Gasteiger partial charge is 0.228 e. The fourth-order valence-electron chi connectivity index (χ4n) is 1.83. The monoisotopic (exact) mass is 326 g/mol. The molecule has 6 heteroatoms. The molecule has 0 N–H and O–H groups in total. The van der Waals surface area contributed by atoms with E-state index in [-0.39, 0.29) is 10.2 Å². The van der Waals surface area contributed by atoms with E-state index in [2.05, 4.69) is 9.97 Å². The molecule has 0 aliphatic carbocycles. The van der Waals surface area contributed by atoms with Gasteiger partial charge in [0.05, 0.1) is 10.5 Å². The van der Waals surface area contributed by atoms with Gasteiger partial charge in [-0.1, -0.05) is 34.8 Å². The van der Waals surface area contributed by atoms with Gasteiger partial charge in [0.2, 0.25) is 0 Å². The van der Waals surface area contributed by atoms with Crippen LogP contribution in [0, 0.1) is 5.82 Å². The van der Waals surface area contributed by atoms with E-state index in [0.717, 1.165) is 0 Å². The van der Waals surface area contributed by atoms with Crippen molar-refractivity contribution in [3.8, 4) is 11.4 Å². The van der Waals surface area contributed by atoms with Crippen molar-refractivity contribution in [3.63, 3.8) is 0 Å². The average Bonchev–Trinajstić information content (AvgIpc) is 2.41. The van der Waals surface area contributed by atoms with Gasteiger partial charge in [0.15, 0.2) is 5.82 Å². The van der Waals surface area contributed by atoms with Crippen molar-refractivity contribution in [1.82, 2.24) is 9.97 Å². The molecule has 1 aromatic heterocycles. The molecule has 3 rings (SSSR count). The Kier molecular flexibility index (Phi) is 3.50. The zero-order valence-electron chi connectivity index (χ0n) is 9.87. The standard InChI is InChI=1S/C14H6Cl3FN2/c15-8-2-3-9-12(6-8)19-14(20-13(9)17)7-1-4-10(16)11(18)5-7/h1-6H. The number of hydrogen-bond donors (Lipinski definition) is 0. The highest BCUT2D eigenvalue weighted by molar-refractivity contribution is 6.35. The zero-order chi connectivity index (χ0) is 14.3. The van der Waals surface area contributed by atoms with Gasteiger partial charge in [-0.05, 0) is 36.4 Å². The molecule has 2 aromatic carbocycles. The predicted molar refractivity (Wildman–Crippen MR) is 80.0 cm³/mol. The second-order valence-electron chi connectivity index (χ2n) is 4.13. The van der Waals surface area contributed by atoms with E-state index in [1.165, 1.54) is 12.1 Å². The van der Waals surface area contributed by atoms with Crippen molar-refractivity contribution in [2.24, 2.45) is 0 Å². The average molecular weight is 328 g/mol. The summed E-state index contributed by atoms with van der Waals surface area (Å²) in [6, 6.07) is 9.48. The number of halogens is 4. The molecule has 0 amide bonds. The van der Waals surface area contributed by atoms with Crippen LogP contribution in [-0.2, 0) is 0 Å². The Hall–Kier alpha value is -1.42. The van der Waals surface area contributed by atoms with Gasteiger partial charge in [0.25, 0.3) is 0 Å². The Bertz CT molecular complexity index is 821. The summed E-state index contributed by atoms with van der Waals surface area (Å²) in [7, 11) is 0. The van der Waals surface area contributed by atoms with Gasteiger partial charge in [0.1, 0.15) is 11.0 Å². The van der Waals surface area contributed by atoms with Gasteiger partial charge >= 0.3 is 0 Å². The van der Waals surface area contributed by atoms with Crippen LogP contribution in [0.3, 0.4) is 0 Å². The van der Waals surface area contributed by atoms with Crippen LogP contribution in [0.5, 0.6) is 0 Å². The highest BCUT2D eigenvalue weighted by Crippen LogP contribution is 2.28. The third kappa shape index (κ3) is 2.44. The molecule has 0 radical (unpaired) electrons. The van der Waals surface area contributed by atoms with Gasteiger partial charge < -0.3 is 0 Å². The molecule has 0 saturated carbocycles. The summed E-state index contributed by atoms with van der Waals surface area (Å²) < 4.78 is 13.5. The zero-order valence-corrected chi connectivity index (χ0v) is 12.1. The lowest BCUT2D eigenvalue weighted by Gasteiger charge is -2.05. The van der Waals surface area contributed by atoms with E-state index < -0.39 is 5.82 Å². The maximum Gasteiger partial charge on any atom is 0.161 e. The molecule has 3 aromatic rings. The molecule has 0 aliphatic heterocycles. The van der Waals surface area contributed by atoms with Crippen LogP contribution in [0.15, 0.2) is 36.4 Å². The number of hydrogen-bond acceptors (Lipinski definition) is 2. The first-order valence-corrected chi connectivity index (χ1v) is 6.76. The summed E-state index contributed by atoms with van der Waals surface area (Å²) >= 11 is 17.7. The summed E-state index contributed by atoms with van der Waals surface area (Å²) in [5.41, 5.74) is 1.10. The van der Waals surface area contributed by atoms with Crippen molar-refractivity contribution < 1.29 is 4.39 Å². The molecule has 1 heterocycles. The number of nitrogens with zero attached hydrogens (tertiary/aromatic N) is 2. The van der Waals surface area contributed by atoms with Crippen molar-refractivity contribution in [2.45, 2.75) is 0 Å².